The number of imidazole rings is 1. The summed E-state index contributed by atoms with van der Waals surface area (Å²) < 4.78 is 6.88. The molecule has 2 heterocycles. The zero-order chi connectivity index (χ0) is 14.4. The number of hydrogen-bond acceptors (Lipinski definition) is 6. The molecule has 0 aliphatic carbocycles. The van der Waals surface area contributed by atoms with Gasteiger partial charge < -0.3 is 14.6 Å². The van der Waals surface area contributed by atoms with Crippen LogP contribution in [0.1, 0.15) is 23.0 Å². The number of aryl methyl sites for hydroxylation is 1. The Morgan fingerprint density at radius 3 is 3.00 bits per heavy atom. The molecule has 20 heavy (non-hydrogen) atoms. The second kappa shape index (κ2) is 6.65. The minimum atomic E-state index is -0.394. The Hall–Kier alpha value is -2.44. The lowest BCUT2D eigenvalue weighted by Gasteiger charge is -2.08. The monoisotopic (exact) mass is 275 g/mol. The summed E-state index contributed by atoms with van der Waals surface area (Å²) in [5.41, 5.74) is 0.996. The highest BCUT2D eigenvalue weighted by molar-refractivity contribution is 5.90. The maximum Gasteiger partial charge on any atom is 0.341 e. The fourth-order valence-corrected chi connectivity index (χ4v) is 1.68. The fourth-order valence-electron chi connectivity index (χ4n) is 1.68. The van der Waals surface area contributed by atoms with Crippen molar-refractivity contribution in [2.24, 2.45) is 0 Å². The summed E-state index contributed by atoms with van der Waals surface area (Å²) in [4.78, 5) is 23.9. The molecule has 2 aromatic heterocycles. The highest BCUT2D eigenvalue weighted by Crippen LogP contribution is 2.08. The summed E-state index contributed by atoms with van der Waals surface area (Å²) in [6, 6.07) is 0. The number of rotatable bonds is 6. The first-order valence-corrected chi connectivity index (χ1v) is 6.41. The summed E-state index contributed by atoms with van der Waals surface area (Å²) in [6.07, 6.45) is 6.85. The number of ether oxygens (including phenoxy) is 1. The second-order valence-corrected chi connectivity index (χ2v) is 4.14. The van der Waals surface area contributed by atoms with E-state index in [1.165, 1.54) is 6.20 Å². The smallest absolute Gasteiger partial charge is 0.341 e. The average molecular weight is 275 g/mol. The lowest BCUT2D eigenvalue weighted by molar-refractivity contribution is 0.0524. The van der Waals surface area contributed by atoms with Crippen LogP contribution < -0.4 is 5.32 Å². The Kier molecular flexibility index (Phi) is 4.65. The van der Waals surface area contributed by atoms with E-state index in [0.717, 1.165) is 6.54 Å². The van der Waals surface area contributed by atoms with Gasteiger partial charge in [0, 0.05) is 31.7 Å². The van der Waals surface area contributed by atoms with Gasteiger partial charge >= 0.3 is 5.97 Å². The molecule has 0 unspecified atom stereocenters. The van der Waals surface area contributed by atoms with E-state index in [1.54, 1.807) is 26.4 Å². The van der Waals surface area contributed by atoms with Crippen LogP contribution in [0.4, 0.5) is 5.95 Å². The molecule has 0 aliphatic heterocycles. The van der Waals surface area contributed by atoms with Crippen molar-refractivity contribution in [3.8, 4) is 0 Å². The summed E-state index contributed by atoms with van der Waals surface area (Å²) >= 11 is 0. The predicted molar refractivity (Wildman–Crippen MR) is 73.4 cm³/mol. The molecule has 0 spiro atoms. The Labute approximate surface area is 117 Å². The van der Waals surface area contributed by atoms with E-state index in [-0.39, 0.29) is 0 Å². The summed E-state index contributed by atoms with van der Waals surface area (Å²) in [5.74, 6) is 0.102. The van der Waals surface area contributed by atoms with Crippen molar-refractivity contribution in [1.82, 2.24) is 19.5 Å². The van der Waals surface area contributed by atoms with Crippen molar-refractivity contribution in [1.29, 1.82) is 0 Å². The van der Waals surface area contributed by atoms with Gasteiger partial charge in [0.25, 0.3) is 0 Å². The molecule has 0 aliphatic rings. The third-order valence-electron chi connectivity index (χ3n) is 2.69. The van der Waals surface area contributed by atoms with E-state index in [1.807, 2.05) is 10.8 Å². The number of esters is 1. The Morgan fingerprint density at radius 2 is 2.35 bits per heavy atom. The molecule has 2 rings (SSSR count). The fraction of sp³-hybridized carbons (Fsp3) is 0.385. The predicted octanol–water partition coefficient (Wildman–Crippen LogP) is 1.27. The first-order valence-electron chi connectivity index (χ1n) is 6.41. The zero-order valence-electron chi connectivity index (χ0n) is 11.5. The molecule has 0 fully saturated rings. The van der Waals surface area contributed by atoms with Crippen LogP contribution in [-0.2, 0) is 11.3 Å². The molecule has 7 nitrogen and oxygen atoms in total. The quantitative estimate of drug-likeness (QED) is 0.799. The highest BCUT2D eigenvalue weighted by atomic mass is 16.5. The van der Waals surface area contributed by atoms with E-state index in [0.29, 0.717) is 30.4 Å². The summed E-state index contributed by atoms with van der Waals surface area (Å²) in [7, 11) is 0. The van der Waals surface area contributed by atoms with Crippen molar-refractivity contribution in [2.45, 2.75) is 20.4 Å². The minimum absolute atomic E-state index is 0.336. The molecule has 0 saturated carbocycles. The first-order chi connectivity index (χ1) is 9.70. The minimum Gasteiger partial charge on any atom is -0.462 e. The van der Waals surface area contributed by atoms with E-state index in [2.05, 4.69) is 20.3 Å². The molecular weight excluding hydrogens is 258 g/mol. The van der Waals surface area contributed by atoms with Crippen molar-refractivity contribution in [3.63, 3.8) is 0 Å². The zero-order valence-corrected chi connectivity index (χ0v) is 11.5. The van der Waals surface area contributed by atoms with Gasteiger partial charge in [-0.05, 0) is 13.8 Å². The molecular formula is C13H17N5O2. The van der Waals surface area contributed by atoms with Gasteiger partial charge in [-0.3, -0.25) is 0 Å². The SMILES string of the molecule is CCOC(=O)c1cnc(NCCn2ccnc2)nc1C. The van der Waals surface area contributed by atoms with E-state index in [9.17, 15) is 4.79 Å². The van der Waals surface area contributed by atoms with Gasteiger partial charge in [0.1, 0.15) is 0 Å². The van der Waals surface area contributed by atoms with Crippen LogP contribution >= 0.6 is 0 Å². The van der Waals surface area contributed by atoms with Crippen LogP contribution in [0, 0.1) is 6.92 Å². The van der Waals surface area contributed by atoms with Crippen molar-refractivity contribution in [3.05, 3.63) is 36.2 Å². The van der Waals surface area contributed by atoms with E-state index in [4.69, 9.17) is 4.74 Å². The van der Waals surface area contributed by atoms with Crippen molar-refractivity contribution in [2.75, 3.05) is 18.5 Å². The van der Waals surface area contributed by atoms with Gasteiger partial charge in [-0.25, -0.2) is 19.7 Å². The molecule has 0 bridgehead atoms. The average Bonchev–Trinajstić information content (AvgIpc) is 2.92. The van der Waals surface area contributed by atoms with Crippen molar-refractivity contribution >= 4 is 11.9 Å². The molecule has 0 atom stereocenters. The molecule has 7 heteroatoms. The Bertz CT molecular complexity index is 568. The lowest BCUT2D eigenvalue weighted by atomic mass is 10.2. The number of hydrogen-bond donors (Lipinski definition) is 1. The van der Waals surface area contributed by atoms with Crippen LogP contribution in [0.25, 0.3) is 0 Å². The third kappa shape index (κ3) is 3.53. The molecule has 1 N–H and O–H groups in total. The summed E-state index contributed by atoms with van der Waals surface area (Å²) in [5, 5.41) is 3.10. The molecule has 0 saturated heterocycles. The normalized spacial score (nSPS) is 10.3. The van der Waals surface area contributed by atoms with Gasteiger partial charge in [-0.2, -0.15) is 0 Å². The molecule has 0 aromatic carbocycles. The number of nitrogens with zero attached hydrogens (tertiary/aromatic N) is 4. The van der Waals surface area contributed by atoms with Crippen LogP contribution in [-0.4, -0.2) is 38.6 Å². The number of nitrogens with one attached hydrogen (secondary N) is 1. The first kappa shape index (κ1) is 14.0. The maximum absolute atomic E-state index is 11.6. The summed E-state index contributed by atoms with van der Waals surface area (Å²) in [6.45, 7) is 5.30. The molecule has 106 valence electrons. The van der Waals surface area contributed by atoms with Gasteiger partial charge in [0.2, 0.25) is 5.95 Å². The van der Waals surface area contributed by atoms with E-state index >= 15 is 0 Å². The topological polar surface area (TPSA) is 81.9 Å². The number of anilines is 1. The van der Waals surface area contributed by atoms with Crippen LogP contribution in [0.5, 0.6) is 0 Å². The number of carbonyl (C=O) groups excluding carboxylic acids is 1. The van der Waals surface area contributed by atoms with Gasteiger partial charge in [0.15, 0.2) is 0 Å². The third-order valence-corrected chi connectivity index (χ3v) is 2.69. The van der Waals surface area contributed by atoms with Crippen LogP contribution in [0.15, 0.2) is 24.9 Å². The Morgan fingerprint density at radius 1 is 1.50 bits per heavy atom. The van der Waals surface area contributed by atoms with Crippen LogP contribution in [0.2, 0.25) is 0 Å². The molecule has 2 aromatic rings. The maximum atomic E-state index is 11.6. The molecule has 0 amide bonds. The van der Waals surface area contributed by atoms with Crippen LogP contribution in [0.3, 0.4) is 0 Å². The number of carbonyl (C=O) groups is 1. The van der Waals surface area contributed by atoms with E-state index < -0.39 is 5.97 Å². The largest absolute Gasteiger partial charge is 0.462 e. The van der Waals surface area contributed by atoms with Crippen molar-refractivity contribution < 1.29 is 9.53 Å². The van der Waals surface area contributed by atoms with Gasteiger partial charge in [-0.15, -0.1) is 0 Å². The standard InChI is InChI=1S/C13H17N5O2/c1-3-20-12(19)11-8-16-13(17-10(11)2)15-5-7-18-6-4-14-9-18/h4,6,8-9H,3,5,7H2,1-2H3,(H,15,16,17). The van der Waals surface area contributed by atoms with Gasteiger partial charge in [0.05, 0.1) is 24.2 Å². The second-order valence-electron chi connectivity index (χ2n) is 4.14. The highest BCUT2D eigenvalue weighted by Gasteiger charge is 2.12. The molecule has 0 radical (unpaired) electrons. The Balaban J connectivity index is 1.93. The van der Waals surface area contributed by atoms with Gasteiger partial charge in [-0.1, -0.05) is 0 Å². The lowest BCUT2D eigenvalue weighted by Crippen LogP contribution is -2.14. The number of aromatic nitrogens is 4.